The minimum absolute atomic E-state index is 0.0497. The van der Waals surface area contributed by atoms with Crippen LogP contribution in [0.5, 0.6) is 0 Å². The van der Waals surface area contributed by atoms with E-state index in [1.54, 1.807) is 18.2 Å². The molecule has 1 amide bonds. The van der Waals surface area contributed by atoms with Crippen LogP contribution in [-0.2, 0) is 11.2 Å². The van der Waals surface area contributed by atoms with Gasteiger partial charge in [-0.3, -0.25) is 4.79 Å². The first kappa shape index (κ1) is 13.3. The van der Waals surface area contributed by atoms with E-state index in [-0.39, 0.29) is 18.1 Å². The number of likely N-dealkylation sites (N-methyl/N-ethyl adjacent to an activating group) is 1. The molecule has 2 aromatic rings. The Labute approximate surface area is 112 Å². The molecular weight excluding hydrogens is 241 g/mol. The van der Waals surface area contributed by atoms with Crippen molar-refractivity contribution in [3.8, 4) is 11.1 Å². The van der Waals surface area contributed by atoms with Crippen molar-refractivity contribution in [2.24, 2.45) is 0 Å². The quantitative estimate of drug-likeness (QED) is 0.895. The highest BCUT2D eigenvalue weighted by Crippen LogP contribution is 2.26. The van der Waals surface area contributed by atoms with Gasteiger partial charge in [-0.15, -0.1) is 0 Å². The maximum absolute atomic E-state index is 13.8. The summed E-state index contributed by atoms with van der Waals surface area (Å²) in [5.41, 5.74) is 2.13. The Morgan fingerprint density at radius 1 is 1.05 bits per heavy atom. The van der Waals surface area contributed by atoms with Crippen LogP contribution in [0.25, 0.3) is 11.1 Å². The zero-order chi connectivity index (χ0) is 13.7. The van der Waals surface area contributed by atoms with Crippen molar-refractivity contribution >= 4 is 5.91 Å². The Balaban J connectivity index is 2.37. The second kappa shape index (κ2) is 6.14. The van der Waals surface area contributed by atoms with Crippen LogP contribution in [0.3, 0.4) is 0 Å². The normalized spacial score (nSPS) is 10.2. The Hall–Kier alpha value is -2.16. The van der Waals surface area contributed by atoms with Crippen molar-refractivity contribution in [2.45, 2.75) is 13.3 Å². The van der Waals surface area contributed by atoms with E-state index >= 15 is 0 Å². The first-order valence-electron chi connectivity index (χ1n) is 6.32. The molecule has 2 nitrogen and oxygen atoms in total. The lowest BCUT2D eigenvalue weighted by Crippen LogP contribution is -2.24. The predicted molar refractivity (Wildman–Crippen MR) is 74.2 cm³/mol. The topological polar surface area (TPSA) is 29.1 Å². The van der Waals surface area contributed by atoms with Gasteiger partial charge in [0, 0.05) is 12.1 Å². The second-order valence-corrected chi connectivity index (χ2v) is 4.27. The Bertz CT molecular complexity index is 580. The van der Waals surface area contributed by atoms with Gasteiger partial charge in [0.15, 0.2) is 0 Å². The van der Waals surface area contributed by atoms with Gasteiger partial charge in [0.25, 0.3) is 0 Å². The number of rotatable bonds is 4. The highest BCUT2D eigenvalue weighted by molar-refractivity contribution is 5.82. The van der Waals surface area contributed by atoms with E-state index in [0.29, 0.717) is 12.1 Å². The molecule has 0 atom stereocenters. The van der Waals surface area contributed by atoms with E-state index in [0.717, 1.165) is 11.1 Å². The van der Waals surface area contributed by atoms with Gasteiger partial charge in [-0.25, -0.2) is 4.39 Å². The molecule has 3 heteroatoms. The number of hydrogen-bond donors (Lipinski definition) is 1. The lowest BCUT2D eigenvalue weighted by molar-refractivity contribution is -0.120. The monoisotopic (exact) mass is 257 g/mol. The molecule has 0 bridgehead atoms. The number of halogens is 1. The number of hydrogen-bond acceptors (Lipinski definition) is 1. The molecule has 0 heterocycles. The molecule has 0 aliphatic heterocycles. The van der Waals surface area contributed by atoms with Crippen LogP contribution in [0.2, 0.25) is 0 Å². The molecule has 98 valence electrons. The van der Waals surface area contributed by atoms with Crippen molar-refractivity contribution in [1.29, 1.82) is 0 Å². The highest BCUT2D eigenvalue weighted by Gasteiger charge is 2.11. The van der Waals surface area contributed by atoms with Crippen LogP contribution < -0.4 is 5.32 Å². The maximum Gasteiger partial charge on any atom is 0.224 e. The summed E-state index contributed by atoms with van der Waals surface area (Å²) in [6, 6.07) is 14.0. The third kappa shape index (κ3) is 3.19. The van der Waals surface area contributed by atoms with Gasteiger partial charge >= 0.3 is 0 Å². The van der Waals surface area contributed by atoms with Crippen LogP contribution in [0.4, 0.5) is 4.39 Å². The summed E-state index contributed by atoms with van der Waals surface area (Å²) in [7, 11) is 0. The lowest BCUT2D eigenvalue weighted by atomic mass is 9.97. The number of carbonyl (C=O) groups excluding carboxylic acids is 1. The smallest absolute Gasteiger partial charge is 0.224 e. The summed E-state index contributed by atoms with van der Waals surface area (Å²) >= 11 is 0. The molecule has 0 aromatic heterocycles. The van der Waals surface area contributed by atoms with E-state index in [9.17, 15) is 9.18 Å². The van der Waals surface area contributed by atoms with Crippen molar-refractivity contribution in [2.75, 3.05) is 6.54 Å². The van der Waals surface area contributed by atoms with E-state index in [1.165, 1.54) is 6.07 Å². The fourth-order valence-electron chi connectivity index (χ4n) is 2.05. The average Bonchev–Trinajstić information content (AvgIpc) is 2.40. The van der Waals surface area contributed by atoms with Gasteiger partial charge in [0.2, 0.25) is 5.91 Å². The summed E-state index contributed by atoms with van der Waals surface area (Å²) in [5.74, 6) is -0.322. The molecule has 2 rings (SSSR count). The molecule has 0 fully saturated rings. The minimum atomic E-state index is -0.272. The van der Waals surface area contributed by atoms with Crippen LogP contribution in [0, 0.1) is 5.82 Å². The predicted octanol–water partition coefficient (Wildman–Crippen LogP) is 3.17. The molecular formula is C16H16FNO. The molecule has 0 unspecified atom stereocenters. The minimum Gasteiger partial charge on any atom is -0.356 e. The van der Waals surface area contributed by atoms with E-state index in [4.69, 9.17) is 0 Å². The van der Waals surface area contributed by atoms with Crippen molar-refractivity contribution < 1.29 is 9.18 Å². The molecule has 0 spiro atoms. The van der Waals surface area contributed by atoms with E-state index < -0.39 is 0 Å². The summed E-state index contributed by atoms with van der Waals surface area (Å²) < 4.78 is 13.8. The molecule has 0 aliphatic rings. The number of benzene rings is 2. The zero-order valence-electron chi connectivity index (χ0n) is 10.8. The van der Waals surface area contributed by atoms with Crippen molar-refractivity contribution in [1.82, 2.24) is 5.32 Å². The molecule has 1 N–H and O–H groups in total. The summed E-state index contributed by atoms with van der Waals surface area (Å²) in [5, 5.41) is 2.75. The zero-order valence-corrected chi connectivity index (χ0v) is 10.8. The van der Waals surface area contributed by atoms with Gasteiger partial charge in [0.05, 0.1) is 6.42 Å². The third-order valence-electron chi connectivity index (χ3n) is 2.91. The number of carbonyl (C=O) groups is 1. The van der Waals surface area contributed by atoms with Crippen molar-refractivity contribution in [3.05, 3.63) is 59.9 Å². The molecule has 2 aromatic carbocycles. The van der Waals surface area contributed by atoms with Crippen LogP contribution in [0.1, 0.15) is 12.5 Å². The maximum atomic E-state index is 13.8. The SMILES string of the molecule is CCNC(=O)Cc1ccccc1-c1ccccc1F. The van der Waals surface area contributed by atoms with Crippen molar-refractivity contribution in [3.63, 3.8) is 0 Å². The summed E-state index contributed by atoms with van der Waals surface area (Å²) in [6.45, 7) is 2.47. The number of nitrogens with one attached hydrogen (secondary N) is 1. The highest BCUT2D eigenvalue weighted by atomic mass is 19.1. The van der Waals surface area contributed by atoms with Crippen LogP contribution in [-0.4, -0.2) is 12.5 Å². The van der Waals surface area contributed by atoms with E-state index in [2.05, 4.69) is 5.32 Å². The fraction of sp³-hybridized carbons (Fsp3) is 0.188. The van der Waals surface area contributed by atoms with Crippen LogP contribution >= 0.6 is 0 Å². The third-order valence-corrected chi connectivity index (χ3v) is 2.91. The molecule has 0 saturated heterocycles. The van der Waals surface area contributed by atoms with E-state index in [1.807, 2.05) is 31.2 Å². The number of amides is 1. The first-order valence-corrected chi connectivity index (χ1v) is 6.32. The van der Waals surface area contributed by atoms with Crippen LogP contribution in [0.15, 0.2) is 48.5 Å². The fourth-order valence-corrected chi connectivity index (χ4v) is 2.05. The summed E-state index contributed by atoms with van der Waals surface area (Å²) in [4.78, 5) is 11.7. The standard InChI is InChI=1S/C16H16FNO/c1-2-18-16(19)11-12-7-3-4-8-13(12)14-9-5-6-10-15(14)17/h3-10H,2,11H2,1H3,(H,18,19). The Morgan fingerprint density at radius 3 is 2.37 bits per heavy atom. The molecule has 0 saturated carbocycles. The van der Waals surface area contributed by atoms with Gasteiger partial charge < -0.3 is 5.32 Å². The Kier molecular flexibility index (Phi) is 4.29. The molecule has 0 radical (unpaired) electrons. The van der Waals surface area contributed by atoms with Gasteiger partial charge in [0.1, 0.15) is 5.82 Å². The second-order valence-electron chi connectivity index (χ2n) is 4.27. The largest absolute Gasteiger partial charge is 0.356 e. The summed E-state index contributed by atoms with van der Waals surface area (Å²) in [6.07, 6.45) is 0.262. The molecule has 19 heavy (non-hydrogen) atoms. The molecule has 0 aliphatic carbocycles. The lowest BCUT2D eigenvalue weighted by Gasteiger charge is -2.10. The average molecular weight is 257 g/mol. The first-order chi connectivity index (χ1) is 9.22. The van der Waals surface area contributed by atoms with Gasteiger partial charge in [-0.2, -0.15) is 0 Å². The van der Waals surface area contributed by atoms with Gasteiger partial charge in [-0.1, -0.05) is 42.5 Å². The van der Waals surface area contributed by atoms with Gasteiger partial charge in [-0.05, 0) is 24.1 Å². The Morgan fingerprint density at radius 2 is 1.68 bits per heavy atom.